The molecule has 1 aliphatic rings. The molecule has 0 amide bonds. The van der Waals surface area contributed by atoms with Gasteiger partial charge in [-0.3, -0.25) is 8.51 Å². The predicted molar refractivity (Wildman–Crippen MR) is 98.6 cm³/mol. The number of nitrogens with zero attached hydrogens (tertiary/aromatic N) is 1. The molecule has 1 aromatic heterocycles. The zero-order valence-corrected chi connectivity index (χ0v) is 14.8. The summed E-state index contributed by atoms with van der Waals surface area (Å²) in [7, 11) is 0. The molecule has 1 aliphatic carbocycles. The molecule has 0 radical (unpaired) electrons. The van der Waals surface area contributed by atoms with Crippen molar-refractivity contribution in [1.82, 2.24) is 0 Å². The summed E-state index contributed by atoms with van der Waals surface area (Å²) in [6, 6.07) is 12.6. The van der Waals surface area contributed by atoms with Crippen molar-refractivity contribution in [2.75, 3.05) is 4.31 Å². The number of anilines is 1. The molecular formula is C19H18NO5S-. The highest BCUT2D eigenvalue weighted by Gasteiger charge is 2.46. The highest BCUT2D eigenvalue weighted by Crippen LogP contribution is 2.40. The number of benzene rings is 2. The maximum Gasteiger partial charge on any atom is 0.330 e. The summed E-state index contributed by atoms with van der Waals surface area (Å²) in [6.07, 6.45) is 2.89. The third kappa shape index (κ3) is 2.59. The number of carboxylic acid groups (broad SMARTS) is 1. The molecule has 4 rings (SSSR count). The van der Waals surface area contributed by atoms with Gasteiger partial charge in [0.15, 0.2) is 0 Å². The van der Waals surface area contributed by atoms with Gasteiger partial charge in [0.2, 0.25) is 0 Å². The summed E-state index contributed by atoms with van der Waals surface area (Å²) in [5, 5.41) is 11.7. The van der Waals surface area contributed by atoms with E-state index in [0.29, 0.717) is 42.5 Å². The van der Waals surface area contributed by atoms with Gasteiger partial charge in [0.25, 0.3) is 0 Å². The van der Waals surface area contributed by atoms with E-state index in [2.05, 4.69) is 0 Å². The fourth-order valence-corrected chi connectivity index (χ4v) is 4.79. The van der Waals surface area contributed by atoms with Crippen molar-refractivity contribution in [2.45, 2.75) is 37.6 Å². The molecule has 6 nitrogen and oxygen atoms in total. The lowest BCUT2D eigenvalue weighted by Gasteiger charge is -2.44. The van der Waals surface area contributed by atoms with Crippen molar-refractivity contribution in [1.29, 1.82) is 0 Å². The van der Waals surface area contributed by atoms with Gasteiger partial charge in [-0.15, -0.1) is 0 Å². The Labute approximate surface area is 152 Å². The Balaban J connectivity index is 1.87. The van der Waals surface area contributed by atoms with E-state index in [4.69, 9.17) is 4.42 Å². The van der Waals surface area contributed by atoms with Gasteiger partial charge >= 0.3 is 5.97 Å². The van der Waals surface area contributed by atoms with E-state index in [-0.39, 0.29) is 0 Å². The maximum absolute atomic E-state index is 12.1. The van der Waals surface area contributed by atoms with Crippen molar-refractivity contribution < 1.29 is 23.1 Å². The van der Waals surface area contributed by atoms with Crippen LogP contribution >= 0.6 is 0 Å². The van der Waals surface area contributed by atoms with Gasteiger partial charge in [-0.2, -0.15) is 0 Å². The summed E-state index contributed by atoms with van der Waals surface area (Å²) in [4.78, 5) is 12.1. The average molecular weight is 372 g/mol. The summed E-state index contributed by atoms with van der Waals surface area (Å²) < 4.78 is 30.9. The Morgan fingerprint density at radius 2 is 1.77 bits per heavy atom. The van der Waals surface area contributed by atoms with E-state index >= 15 is 0 Å². The molecule has 1 atom stereocenters. The van der Waals surface area contributed by atoms with Crippen molar-refractivity contribution in [3.05, 3.63) is 42.5 Å². The van der Waals surface area contributed by atoms with Crippen molar-refractivity contribution in [2.24, 2.45) is 0 Å². The molecule has 0 saturated heterocycles. The molecule has 3 aromatic rings. The second-order valence-electron chi connectivity index (χ2n) is 6.69. The smallest absolute Gasteiger partial charge is 0.330 e. The van der Waals surface area contributed by atoms with Crippen molar-refractivity contribution in [3.8, 4) is 0 Å². The minimum Gasteiger partial charge on any atom is -0.755 e. The third-order valence-corrected chi connectivity index (χ3v) is 6.07. The van der Waals surface area contributed by atoms with Gasteiger partial charge < -0.3 is 14.1 Å². The first-order valence-corrected chi connectivity index (χ1v) is 9.60. The Morgan fingerprint density at radius 1 is 1.08 bits per heavy atom. The molecule has 0 aliphatic heterocycles. The Hall–Kier alpha value is -2.38. The van der Waals surface area contributed by atoms with Crippen molar-refractivity contribution in [3.63, 3.8) is 0 Å². The molecule has 26 heavy (non-hydrogen) atoms. The molecule has 1 heterocycles. The second kappa shape index (κ2) is 6.41. The van der Waals surface area contributed by atoms with Crippen LogP contribution in [0, 0.1) is 0 Å². The quantitative estimate of drug-likeness (QED) is 0.699. The summed E-state index contributed by atoms with van der Waals surface area (Å²) in [6.45, 7) is 0. The van der Waals surface area contributed by atoms with Gasteiger partial charge in [-0.05, 0) is 31.0 Å². The first-order valence-electron chi connectivity index (χ1n) is 8.57. The molecule has 1 N–H and O–H groups in total. The molecule has 2 aromatic carbocycles. The zero-order valence-electron chi connectivity index (χ0n) is 14.0. The van der Waals surface area contributed by atoms with Crippen LogP contribution in [0.25, 0.3) is 21.9 Å². The lowest BCUT2D eigenvalue weighted by Crippen LogP contribution is -2.56. The lowest BCUT2D eigenvalue weighted by molar-refractivity contribution is -0.144. The molecule has 0 spiro atoms. The van der Waals surface area contributed by atoms with Crippen LogP contribution in [-0.4, -0.2) is 25.4 Å². The van der Waals surface area contributed by atoms with E-state index in [0.717, 1.165) is 21.5 Å². The maximum atomic E-state index is 12.1. The van der Waals surface area contributed by atoms with Gasteiger partial charge in [-0.1, -0.05) is 37.5 Å². The first-order chi connectivity index (χ1) is 12.5. The topological polar surface area (TPSA) is 93.8 Å². The molecule has 1 unspecified atom stereocenters. The van der Waals surface area contributed by atoms with Crippen molar-refractivity contribution >= 4 is 44.9 Å². The number of carboxylic acids is 1. The number of hydrogen-bond acceptors (Lipinski definition) is 4. The summed E-state index contributed by atoms with van der Waals surface area (Å²) >= 11 is -2.71. The number of fused-ring (bicyclic) bond motifs is 3. The third-order valence-electron chi connectivity index (χ3n) is 5.21. The van der Waals surface area contributed by atoms with Gasteiger partial charge in [-0.25, -0.2) is 4.79 Å². The Morgan fingerprint density at radius 3 is 2.46 bits per heavy atom. The van der Waals surface area contributed by atoms with Crippen LogP contribution in [0.1, 0.15) is 32.1 Å². The molecule has 1 saturated carbocycles. The number of para-hydroxylation sites is 1. The van der Waals surface area contributed by atoms with Crippen LogP contribution in [0.4, 0.5) is 5.69 Å². The second-order valence-corrected chi connectivity index (χ2v) is 7.49. The van der Waals surface area contributed by atoms with E-state index in [9.17, 15) is 18.7 Å². The van der Waals surface area contributed by atoms with E-state index in [1.165, 1.54) is 0 Å². The molecule has 136 valence electrons. The predicted octanol–water partition coefficient (Wildman–Crippen LogP) is 3.97. The molecular weight excluding hydrogens is 354 g/mol. The SMILES string of the molecule is O=C(O)C1(N(c2ccc3c(c2)oc2ccccc23)S(=O)[O-])CCCCC1. The summed E-state index contributed by atoms with van der Waals surface area (Å²) in [5.41, 5.74) is 0.120. The summed E-state index contributed by atoms with van der Waals surface area (Å²) in [5.74, 6) is -1.11. The first kappa shape index (κ1) is 17.1. The van der Waals surface area contributed by atoms with Crippen LogP contribution < -0.4 is 4.31 Å². The minimum absolute atomic E-state index is 0.300. The number of rotatable bonds is 4. The minimum atomic E-state index is -2.71. The fraction of sp³-hybridized carbons (Fsp3) is 0.316. The largest absolute Gasteiger partial charge is 0.755 e. The monoisotopic (exact) mass is 372 g/mol. The normalized spacial score (nSPS) is 18.0. The number of carbonyl (C=O) groups is 1. The Bertz CT molecular complexity index is 1010. The van der Waals surface area contributed by atoms with Gasteiger partial charge in [0.1, 0.15) is 16.7 Å². The number of furan rings is 1. The lowest BCUT2D eigenvalue weighted by atomic mass is 9.81. The van der Waals surface area contributed by atoms with E-state index in [1.54, 1.807) is 18.2 Å². The van der Waals surface area contributed by atoms with Crippen LogP contribution in [0.15, 0.2) is 46.9 Å². The zero-order chi connectivity index (χ0) is 18.3. The highest BCUT2D eigenvalue weighted by atomic mass is 32.2. The molecule has 7 heteroatoms. The average Bonchev–Trinajstić information content (AvgIpc) is 3.00. The fourth-order valence-electron chi connectivity index (χ4n) is 3.96. The van der Waals surface area contributed by atoms with E-state index < -0.39 is 22.8 Å². The van der Waals surface area contributed by atoms with Crippen LogP contribution in [0.2, 0.25) is 0 Å². The highest BCUT2D eigenvalue weighted by molar-refractivity contribution is 7.80. The van der Waals surface area contributed by atoms with Crippen LogP contribution in [0.3, 0.4) is 0 Å². The van der Waals surface area contributed by atoms with E-state index in [1.807, 2.05) is 24.3 Å². The number of aliphatic carboxylic acids is 1. The van der Waals surface area contributed by atoms with Gasteiger partial charge in [0, 0.05) is 28.1 Å². The van der Waals surface area contributed by atoms with Crippen LogP contribution in [0.5, 0.6) is 0 Å². The molecule has 1 fully saturated rings. The standard InChI is InChI=1S/C19H19NO5S/c21-18(22)19(10-4-1-5-11-19)20(26(23)24)13-8-9-15-14-6-2-3-7-16(14)25-17(15)12-13/h2-3,6-9,12H,1,4-5,10-11H2,(H,21,22)(H,23,24)/p-1. The Kier molecular flexibility index (Phi) is 4.20. The number of hydrogen-bond donors (Lipinski definition) is 1. The van der Waals surface area contributed by atoms with Crippen LogP contribution in [-0.2, 0) is 16.1 Å². The van der Waals surface area contributed by atoms with Gasteiger partial charge in [0.05, 0.1) is 5.69 Å². The molecule has 0 bridgehead atoms.